The molecule has 7 nitrogen and oxygen atoms in total. The Morgan fingerprint density at radius 2 is 1.68 bits per heavy atom. The Morgan fingerprint density at radius 1 is 1.00 bits per heavy atom. The van der Waals surface area contributed by atoms with E-state index in [0.717, 1.165) is 22.2 Å². The van der Waals surface area contributed by atoms with Crippen LogP contribution in [0.4, 0.5) is 10.1 Å². The quantitative estimate of drug-likeness (QED) is 0.356. The van der Waals surface area contributed by atoms with E-state index in [1.165, 1.54) is 23.1 Å². The maximum Gasteiger partial charge on any atom is 0.244 e. The molecule has 3 aromatic carbocycles. The fourth-order valence-electron chi connectivity index (χ4n) is 3.98. The number of nitrogens with zero attached hydrogens (tertiary/aromatic N) is 2. The number of hydrogen-bond acceptors (Lipinski definition) is 4. The van der Waals surface area contributed by atoms with Crippen molar-refractivity contribution in [2.45, 2.75) is 32.4 Å². The smallest absolute Gasteiger partial charge is 0.244 e. The largest absolute Gasteiger partial charge is 0.354 e. The van der Waals surface area contributed by atoms with E-state index < -0.39 is 34.3 Å². The molecule has 10 heteroatoms. The molecule has 38 heavy (non-hydrogen) atoms. The lowest BCUT2D eigenvalue weighted by atomic mass is 10.0. The predicted octanol–water partition coefficient (Wildman–Crippen LogP) is 4.41. The summed E-state index contributed by atoms with van der Waals surface area (Å²) in [6.07, 6.45) is 1.84. The highest BCUT2D eigenvalue weighted by atomic mass is 35.5. The summed E-state index contributed by atoms with van der Waals surface area (Å²) < 4.78 is 40.2. The van der Waals surface area contributed by atoms with Crippen molar-refractivity contribution in [2.75, 3.05) is 23.7 Å². The van der Waals surface area contributed by atoms with Gasteiger partial charge < -0.3 is 10.2 Å². The number of carbonyl (C=O) groups is 2. The molecule has 202 valence electrons. The highest BCUT2D eigenvalue weighted by molar-refractivity contribution is 7.92. The Balaban J connectivity index is 2.05. The highest BCUT2D eigenvalue weighted by Crippen LogP contribution is 2.23. The van der Waals surface area contributed by atoms with Gasteiger partial charge in [-0.05, 0) is 41.8 Å². The van der Waals surface area contributed by atoms with Gasteiger partial charge in [-0.2, -0.15) is 0 Å². The first-order valence-electron chi connectivity index (χ1n) is 12.2. The van der Waals surface area contributed by atoms with Crippen LogP contribution in [0.3, 0.4) is 0 Å². The third kappa shape index (κ3) is 8.03. The zero-order valence-electron chi connectivity index (χ0n) is 21.3. The lowest BCUT2D eigenvalue weighted by Crippen LogP contribution is -2.53. The van der Waals surface area contributed by atoms with E-state index in [1.54, 1.807) is 24.3 Å². The molecule has 0 radical (unpaired) electrons. The monoisotopic (exact) mass is 559 g/mol. The highest BCUT2D eigenvalue weighted by Gasteiger charge is 2.33. The second-order valence-corrected chi connectivity index (χ2v) is 11.2. The van der Waals surface area contributed by atoms with Gasteiger partial charge in [-0.25, -0.2) is 12.8 Å². The molecule has 2 amide bonds. The first-order valence-corrected chi connectivity index (χ1v) is 14.4. The minimum atomic E-state index is -3.97. The van der Waals surface area contributed by atoms with E-state index in [-0.39, 0.29) is 24.6 Å². The third-order valence-electron chi connectivity index (χ3n) is 5.89. The average molecular weight is 560 g/mol. The van der Waals surface area contributed by atoms with E-state index in [1.807, 2.05) is 37.3 Å². The Labute approximate surface area is 228 Å². The van der Waals surface area contributed by atoms with Gasteiger partial charge in [-0.3, -0.25) is 13.9 Å². The van der Waals surface area contributed by atoms with E-state index in [9.17, 15) is 22.4 Å². The number of carbonyl (C=O) groups excluding carboxylic acids is 2. The van der Waals surface area contributed by atoms with Crippen LogP contribution in [0.15, 0.2) is 78.9 Å². The molecular formula is C28H31ClFN3O4S. The van der Waals surface area contributed by atoms with Crippen molar-refractivity contribution in [2.24, 2.45) is 0 Å². The van der Waals surface area contributed by atoms with Gasteiger partial charge in [0.25, 0.3) is 0 Å². The van der Waals surface area contributed by atoms with Crippen LogP contribution in [0.1, 0.15) is 24.5 Å². The molecule has 0 saturated heterocycles. The number of amides is 2. The molecule has 1 unspecified atom stereocenters. The Bertz CT molecular complexity index is 1350. The molecule has 3 rings (SSSR count). The normalized spacial score (nSPS) is 12.0. The Morgan fingerprint density at radius 3 is 2.32 bits per heavy atom. The Hall–Kier alpha value is -3.43. The van der Waals surface area contributed by atoms with Crippen LogP contribution in [0.2, 0.25) is 5.02 Å². The summed E-state index contributed by atoms with van der Waals surface area (Å²) in [5.41, 5.74) is 1.43. The molecule has 0 saturated carbocycles. The number of anilines is 1. The van der Waals surface area contributed by atoms with Gasteiger partial charge in [0.2, 0.25) is 21.8 Å². The van der Waals surface area contributed by atoms with E-state index in [4.69, 9.17) is 11.6 Å². The average Bonchev–Trinajstić information content (AvgIpc) is 2.88. The standard InChI is InChI=1S/C28H31ClFN3O4S/c1-3-16-31-28(35)26(17-21-10-5-4-6-11-21)32(19-22-12-7-8-15-25(22)29)27(34)20-33(38(2,36)37)24-14-9-13-23(30)18-24/h4-15,18,26H,3,16-17,19-20H2,1-2H3,(H,31,35). The number of sulfonamides is 1. The van der Waals surface area contributed by atoms with Crippen molar-refractivity contribution < 1.29 is 22.4 Å². The van der Waals surface area contributed by atoms with Gasteiger partial charge in [-0.15, -0.1) is 0 Å². The van der Waals surface area contributed by atoms with Crippen molar-refractivity contribution in [1.29, 1.82) is 0 Å². The molecule has 0 bridgehead atoms. The number of halogens is 2. The first kappa shape index (κ1) is 29.1. The first-order chi connectivity index (χ1) is 18.1. The predicted molar refractivity (Wildman–Crippen MR) is 148 cm³/mol. The van der Waals surface area contributed by atoms with Crippen LogP contribution in [-0.2, 0) is 32.6 Å². The number of hydrogen-bond donors (Lipinski definition) is 1. The van der Waals surface area contributed by atoms with Crippen molar-refractivity contribution in [3.05, 3.63) is 101 Å². The fourth-order valence-corrected chi connectivity index (χ4v) is 5.01. The van der Waals surface area contributed by atoms with Gasteiger partial charge in [0.05, 0.1) is 11.9 Å². The van der Waals surface area contributed by atoms with E-state index >= 15 is 0 Å². The molecular weight excluding hydrogens is 529 g/mol. The van der Waals surface area contributed by atoms with Crippen molar-refractivity contribution in [3.63, 3.8) is 0 Å². The van der Waals surface area contributed by atoms with Crippen LogP contribution in [0, 0.1) is 5.82 Å². The molecule has 3 aromatic rings. The van der Waals surface area contributed by atoms with Gasteiger partial charge in [-0.1, -0.05) is 73.1 Å². The summed E-state index contributed by atoms with van der Waals surface area (Å²) in [5.74, 6) is -1.64. The summed E-state index contributed by atoms with van der Waals surface area (Å²) in [6, 6.07) is 20.2. The lowest BCUT2D eigenvalue weighted by molar-refractivity contribution is -0.140. The lowest BCUT2D eigenvalue weighted by Gasteiger charge is -2.33. The molecule has 0 aliphatic rings. The van der Waals surface area contributed by atoms with Crippen LogP contribution >= 0.6 is 11.6 Å². The SMILES string of the molecule is CCCNC(=O)C(Cc1ccccc1)N(Cc1ccccc1Cl)C(=O)CN(c1cccc(F)c1)S(C)(=O)=O. The molecule has 0 heterocycles. The van der Waals surface area contributed by atoms with Crippen LogP contribution < -0.4 is 9.62 Å². The van der Waals surface area contributed by atoms with Crippen LogP contribution in [0.25, 0.3) is 0 Å². The van der Waals surface area contributed by atoms with Gasteiger partial charge in [0.15, 0.2) is 0 Å². The van der Waals surface area contributed by atoms with Gasteiger partial charge >= 0.3 is 0 Å². The minimum absolute atomic E-state index is 0.00795. The molecule has 0 fully saturated rings. The zero-order chi connectivity index (χ0) is 27.7. The summed E-state index contributed by atoms with van der Waals surface area (Å²) in [6.45, 7) is 1.68. The number of rotatable bonds is 12. The third-order valence-corrected chi connectivity index (χ3v) is 7.40. The topological polar surface area (TPSA) is 86.8 Å². The minimum Gasteiger partial charge on any atom is -0.354 e. The Kier molecular flexibility index (Phi) is 10.3. The van der Waals surface area contributed by atoms with Gasteiger partial charge in [0.1, 0.15) is 18.4 Å². The summed E-state index contributed by atoms with van der Waals surface area (Å²) >= 11 is 6.41. The molecule has 1 atom stereocenters. The second kappa shape index (κ2) is 13.4. The number of benzene rings is 3. The van der Waals surface area contributed by atoms with Crippen molar-refractivity contribution in [3.8, 4) is 0 Å². The maximum absolute atomic E-state index is 14.0. The van der Waals surface area contributed by atoms with Crippen LogP contribution in [-0.4, -0.2) is 50.5 Å². The molecule has 0 aliphatic carbocycles. The van der Waals surface area contributed by atoms with Gasteiger partial charge in [0, 0.05) is 24.5 Å². The van der Waals surface area contributed by atoms with Crippen molar-refractivity contribution in [1.82, 2.24) is 10.2 Å². The fraction of sp³-hybridized carbons (Fsp3) is 0.286. The summed E-state index contributed by atoms with van der Waals surface area (Å²) in [5, 5.41) is 3.27. The number of nitrogens with one attached hydrogen (secondary N) is 1. The second-order valence-electron chi connectivity index (χ2n) is 8.86. The molecule has 0 aromatic heterocycles. The summed E-state index contributed by atoms with van der Waals surface area (Å²) in [7, 11) is -3.97. The molecule has 0 spiro atoms. The summed E-state index contributed by atoms with van der Waals surface area (Å²) in [4.78, 5) is 28.6. The van der Waals surface area contributed by atoms with E-state index in [0.29, 0.717) is 23.6 Å². The molecule has 0 aliphatic heterocycles. The van der Waals surface area contributed by atoms with Crippen molar-refractivity contribution >= 4 is 39.1 Å². The maximum atomic E-state index is 14.0. The van der Waals surface area contributed by atoms with E-state index in [2.05, 4.69) is 5.32 Å². The zero-order valence-corrected chi connectivity index (χ0v) is 22.9. The van der Waals surface area contributed by atoms with Crippen LogP contribution in [0.5, 0.6) is 0 Å². The molecule has 1 N–H and O–H groups in total.